The van der Waals surface area contributed by atoms with Crippen molar-refractivity contribution in [2.45, 2.75) is 51.3 Å². The van der Waals surface area contributed by atoms with Gasteiger partial charge in [-0.15, -0.1) is 0 Å². The minimum absolute atomic E-state index is 0.0258. The Morgan fingerprint density at radius 1 is 1.10 bits per heavy atom. The summed E-state index contributed by atoms with van der Waals surface area (Å²) in [5.41, 5.74) is -0.240. The zero-order chi connectivity index (χ0) is 23.6. The average molecular weight is 433 g/mol. The van der Waals surface area contributed by atoms with E-state index in [2.05, 4.69) is 10.6 Å². The summed E-state index contributed by atoms with van der Waals surface area (Å²) in [4.78, 5) is 51.2. The molecule has 1 rings (SSSR count). The van der Waals surface area contributed by atoms with Crippen LogP contribution in [0.4, 0.5) is 0 Å². The zero-order valence-electron chi connectivity index (χ0n) is 18.7. The maximum Gasteiger partial charge on any atom is 0.329 e. The van der Waals surface area contributed by atoms with Crippen molar-refractivity contribution in [1.82, 2.24) is 15.5 Å². The van der Waals surface area contributed by atoms with Crippen molar-refractivity contribution in [3.63, 3.8) is 0 Å². The Morgan fingerprint density at radius 2 is 1.71 bits per heavy atom. The highest BCUT2D eigenvalue weighted by molar-refractivity contribution is 6.26. The lowest BCUT2D eigenvalue weighted by molar-refractivity contribution is -0.159. The standard InChI is InChI=1S/C22H32N4O5/c1-22(2,3)31-21(30)17(12-11-16(27)13-23)24-20(29)19(15-9-7-6-8-10-15)25-18(28)14-26(4)5/h6-10,13,17,19,23H,11-12,14H2,1-5H3,(H,24,29)(H,25,28)/t17-,19-/m0/s1. The van der Waals surface area contributed by atoms with Crippen LogP contribution < -0.4 is 10.6 Å². The van der Waals surface area contributed by atoms with E-state index in [1.165, 1.54) is 0 Å². The number of rotatable bonds is 11. The number of amides is 2. The minimum atomic E-state index is -1.10. The molecule has 31 heavy (non-hydrogen) atoms. The lowest BCUT2D eigenvalue weighted by Gasteiger charge is -2.26. The smallest absolute Gasteiger partial charge is 0.329 e. The third-order valence-electron chi connectivity index (χ3n) is 4.01. The van der Waals surface area contributed by atoms with Gasteiger partial charge in [-0.2, -0.15) is 0 Å². The van der Waals surface area contributed by atoms with Crippen LogP contribution in [0.3, 0.4) is 0 Å². The molecule has 0 heterocycles. The van der Waals surface area contributed by atoms with Crippen molar-refractivity contribution < 1.29 is 23.9 Å². The number of carbonyl (C=O) groups is 4. The number of esters is 1. The third-order valence-corrected chi connectivity index (χ3v) is 4.01. The summed E-state index contributed by atoms with van der Waals surface area (Å²) < 4.78 is 5.37. The molecule has 0 radical (unpaired) electrons. The number of Topliss-reactive ketones (excluding diaryl/α,β-unsaturated/α-hetero) is 1. The number of ketones is 1. The molecule has 1 aromatic carbocycles. The van der Waals surface area contributed by atoms with Gasteiger partial charge >= 0.3 is 5.97 Å². The highest BCUT2D eigenvalue weighted by Crippen LogP contribution is 2.16. The zero-order valence-corrected chi connectivity index (χ0v) is 18.7. The molecule has 0 saturated heterocycles. The third kappa shape index (κ3) is 9.99. The van der Waals surface area contributed by atoms with Crippen LogP contribution in [0.25, 0.3) is 0 Å². The molecule has 170 valence electrons. The molecular weight excluding hydrogens is 400 g/mol. The highest BCUT2D eigenvalue weighted by atomic mass is 16.6. The molecule has 0 fully saturated rings. The second kappa shape index (κ2) is 11.9. The van der Waals surface area contributed by atoms with Gasteiger partial charge in [-0.3, -0.25) is 14.4 Å². The van der Waals surface area contributed by atoms with E-state index >= 15 is 0 Å². The Bertz CT molecular complexity index is 787. The van der Waals surface area contributed by atoms with E-state index in [-0.39, 0.29) is 25.3 Å². The SMILES string of the molecule is CN(C)CC(=O)N[C@H](C(=O)N[C@@H](CCC(=O)C=N)C(=O)OC(C)(C)C)c1ccccc1. The van der Waals surface area contributed by atoms with Gasteiger partial charge in [-0.05, 0) is 46.9 Å². The number of hydrogen-bond donors (Lipinski definition) is 3. The number of nitrogens with zero attached hydrogens (tertiary/aromatic N) is 1. The van der Waals surface area contributed by atoms with Gasteiger partial charge in [-0.25, -0.2) is 4.79 Å². The van der Waals surface area contributed by atoms with Gasteiger partial charge in [-0.1, -0.05) is 30.3 Å². The topological polar surface area (TPSA) is 129 Å². The predicted octanol–water partition coefficient (Wildman–Crippen LogP) is 1.23. The first kappa shape index (κ1) is 26.0. The van der Waals surface area contributed by atoms with Gasteiger partial charge in [0.05, 0.1) is 12.8 Å². The van der Waals surface area contributed by atoms with Crippen molar-refractivity contribution in [3.8, 4) is 0 Å². The molecule has 0 unspecified atom stereocenters. The quantitative estimate of drug-likeness (QED) is 0.356. The van der Waals surface area contributed by atoms with Gasteiger partial charge in [0.2, 0.25) is 11.8 Å². The Labute approximate surface area is 183 Å². The molecule has 3 N–H and O–H groups in total. The molecule has 9 nitrogen and oxygen atoms in total. The summed E-state index contributed by atoms with van der Waals surface area (Å²) in [7, 11) is 3.46. The Morgan fingerprint density at radius 3 is 2.23 bits per heavy atom. The van der Waals surface area contributed by atoms with E-state index < -0.39 is 35.3 Å². The van der Waals surface area contributed by atoms with E-state index in [4.69, 9.17) is 10.1 Å². The molecule has 1 aromatic rings. The van der Waals surface area contributed by atoms with Gasteiger partial charge in [0.25, 0.3) is 0 Å². The molecule has 2 atom stereocenters. The summed E-state index contributed by atoms with van der Waals surface area (Å²) in [6.45, 7) is 5.17. The second-order valence-electron chi connectivity index (χ2n) is 8.39. The maximum atomic E-state index is 13.1. The van der Waals surface area contributed by atoms with E-state index in [0.717, 1.165) is 0 Å². The fraction of sp³-hybridized carbons (Fsp3) is 0.500. The molecule has 0 aromatic heterocycles. The van der Waals surface area contributed by atoms with Gasteiger partial charge in [0.1, 0.15) is 17.7 Å². The largest absolute Gasteiger partial charge is 0.458 e. The molecule has 0 aliphatic rings. The summed E-state index contributed by atoms with van der Waals surface area (Å²) >= 11 is 0. The molecule has 0 bridgehead atoms. The van der Waals surface area contributed by atoms with Gasteiger partial charge in [0.15, 0.2) is 5.78 Å². The Hall–Kier alpha value is -3.07. The number of likely N-dealkylation sites (N-methyl/N-ethyl adjacent to an activating group) is 1. The van der Waals surface area contributed by atoms with Crippen LogP contribution in [-0.2, 0) is 23.9 Å². The van der Waals surface area contributed by atoms with Crippen molar-refractivity contribution in [2.24, 2.45) is 0 Å². The number of ether oxygens (including phenoxy) is 1. The summed E-state index contributed by atoms with van der Waals surface area (Å²) in [6, 6.07) is 6.52. The van der Waals surface area contributed by atoms with Crippen molar-refractivity contribution in [1.29, 1.82) is 5.41 Å². The summed E-state index contributed by atoms with van der Waals surface area (Å²) in [5, 5.41) is 12.3. The fourth-order valence-corrected chi connectivity index (χ4v) is 2.68. The maximum absolute atomic E-state index is 13.1. The average Bonchev–Trinajstić information content (AvgIpc) is 2.67. The molecule has 0 spiro atoms. The highest BCUT2D eigenvalue weighted by Gasteiger charge is 2.31. The molecule has 0 saturated carbocycles. The summed E-state index contributed by atoms with van der Waals surface area (Å²) in [6.07, 6.45) is 0.543. The van der Waals surface area contributed by atoms with E-state index in [1.54, 1.807) is 70.1 Å². The monoisotopic (exact) mass is 432 g/mol. The van der Waals surface area contributed by atoms with Crippen LogP contribution in [0.5, 0.6) is 0 Å². The first-order chi connectivity index (χ1) is 14.4. The molecule has 9 heteroatoms. The minimum Gasteiger partial charge on any atom is -0.458 e. The predicted molar refractivity (Wildman–Crippen MR) is 117 cm³/mol. The van der Waals surface area contributed by atoms with Crippen molar-refractivity contribution >= 4 is 29.8 Å². The lowest BCUT2D eigenvalue weighted by atomic mass is 10.0. The number of nitrogens with one attached hydrogen (secondary N) is 3. The molecule has 0 aliphatic carbocycles. The fourth-order valence-electron chi connectivity index (χ4n) is 2.68. The van der Waals surface area contributed by atoms with Gasteiger partial charge < -0.3 is 25.7 Å². The Balaban J connectivity index is 3.08. The summed E-state index contributed by atoms with van der Waals surface area (Å²) in [5.74, 6) is -2.12. The number of hydrogen-bond acceptors (Lipinski definition) is 7. The van der Waals surface area contributed by atoms with Crippen LogP contribution in [0, 0.1) is 5.41 Å². The van der Waals surface area contributed by atoms with Crippen molar-refractivity contribution in [3.05, 3.63) is 35.9 Å². The van der Waals surface area contributed by atoms with Crippen LogP contribution in [0.2, 0.25) is 0 Å². The molecule has 0 aliphatic heterocycles. The number of benzene rings is 1. The normalized spacial score (nSPS) is 13.1. The first-order valence-corrected chi connectivity index (χ1v) is 9.98. The van der Waals surface area contributed by atoms with Gasteiger partial charge in [0, 0.05) is 6.42 Å². The van der Waals surface area contributed by atoms with Crippen LogP contribution in [0.1, 0.15) is 45.2 Å². The van der Waals surface area contributed by atoms with E-state index in [1.807, 2.05) is 0 Å². The van der Waals surface area contributed by atoms with Crippen molar-refractivity contribution in [2.75, 3.05) is 20.6 Å². The first-order valence-electron chi connectivity index (χ1n) is 9.98. The number of carbonyl (C=O) groups excluding carboxylic acids is 4. The molecule has 2 amide bonds. The van der Waals surface area contributed by atoms with E-state index in [0.29, 0.717) is 11.8 Å². The van der Waals surface area contributed by atoms with Crippen LogP contribution >= 0.6 is 0 Å². The second-order valence-corrected chi connectivity index (χ2v) is 8.39. The van der Waals surface area contributed by atoms with E-state index in [9.17, 15) is 19.2 Å². The lowest BCUT2D eigenvalue weighted by Crippen LogP contribution is -2.49. The Kier molecular flexibility index (Phi) is 10.0. The molecular formula is C22H32N4O5. The van der Waals surface area contributed by atoms with Crippen LogP contribution in [0.15, 0.2) is 30.3 Å². The van der Waals surface area contributed by atoms with Crippen LogP contribution in [-0.4, -0.2) is 67.0 Å².